The van der Waals surface area contributed by atoms with Gasteiger partial charge in [0.2, 0.25) is 5.95 Å². The number of nitrogen functional groups attached to an aromatic ring is 1. The van der Waals surface area contributed by atoms with Crippen molar-refractivity contribution in [2.75, 3.05) is 30.8 Å². The summed E-state index contributed by atoms with van der Waals surface area (Å²) in [6.45, 7) is 7.18. The molecule has 2 fully saturated rings. The van der Waals surface area contributed by atoms with Crippen LogP contribution in [0.4, 0.5) is 16.6 Å². The van der Waals surface area contributed by atoms with E-state index in [-0.39, 0.29) is 12.1 Å². The lowest BCUT2D eigenvalue weighted by atomic mass is 9.70. The fourth-order valence-corrected chi connectivity index (χ4v) is 4.91. The fourth-order valence-electron chi connectivity index (χ4n) is 4.91. The van der Waals surface area contributed by atoms with Crippen LogP contribution in [0.2, 0.25) is 0 Å². The van der Waals surface area contributed by atoms with Crippen molar-refractivity contribution in [3.8, 4) is 0 Å². The van der Waals surface area contributed by atoms with Crippen LogP contribution in [0.3, 0.4) is 0 Å². The molecule has 28 heavy (non-hydrogen) atoms. The van der Waals surface area contributed by atoms with Gasteiger partial charge in [0.1, 0.15) is 11.4 Å². The van der Waals surface area contributed by atoms with Gasteiger partial charge in [-0.1, -0.05) is 12.8 Å². The Hall–Kier alpha value is -2.05. The number of ether oxygens (including phenoxy) is 1. The van der Waals surface area contributed by atoms with E-state index in [0.29, 0.717) is 11.9 Å². The molecule has 7 heteroatoms. The molecular weight excluding hydrogens is 354 g/mol. The van der Waals surface area contributed by atoms with Gasteiger partial charge in [0.25, 0.3) is 0 Å². The molecule has 1 saturated carbocycles. The number of likely N-dealkylation sites (N-methyl/N-ethyl adjacent to an activating group) is 1. The summed E-state index contributed by atoms with van der Waals surface area (Å²) in [7, 11) is 1.81. The number of hydrogen-bond donors (Lipinski definition) is 1. The van der Waals surface area contributed by atoms with Crippen LogP contribution in [0, 0.1) is 5.92 Å². The number of carbonyl (C=O) groups excluding carboxylic acids is 1. The van der Waals surface area contributed by atoms with Crippen LogP contribution >= 0.6 is 0 Å². The van der Waals surface area contributed by atoms with Crippen LogP contribution < -0.4 is 10.6 Å². The van der Waals surface area contributed by atoms with Gasteiger partial charge in [-0.3, -0.25) is 0 Å². The molecular formula is C21H33N5O2. The molecule has 1 amide bonds. The van der Waals surface area contributed by atoms with Crippen molar-refractivity contribution in [1.29, 1.82) is 0 Å². The number of hydrogen-bond acceptors (Lipinski definition) is 6. The highest BCUT2D eigenvalue weighted by Crippen LogP contribution is 2.46. The van der Waals surface area contributed by atoms with Gasteiger partial charge in [-0.25, -0.2) is 9.78 Å². The number of nitrogens with two attached hydrogens (primary N) is 1. The Morgan fingerprint density at radius 1 is 1.18 bits per heavy atom. The minimum Gasteiger partial charge on any atom is -0.444 e. The van der Waals surface area contributed by atoms with Crippen molar-refractivity contribution < 1.29 is 9.53 Å². The summed E-state index contributed by atoms with van der Waals surface area (Å²) in [5.41, 5.74) is 8.10. The molecule has 0 radical (unpaired) electrons. The first kappa shape index (κ1) is 19.3. The van der Waals surface area contributed by atoms with Gasteiger partial charge >= 0.3 is 6.09 Å². The molecule has 7 nitrogen and oxygen atoms in total. The lowest BCUT2D eigenvalue weighted by molar-refractivity contribution is 0.0196. The molecule has 2 aliphatic carbocycles. The lowest BCUT2D eigenvalue weighted by Crippen LogP contribution is -2.61. The molecule has 154 valence electrons. The van der Waals surface area contributed by atoms with Gasteiger partial charge in [-0.15, -0.1) is 0 Å². The SMILES string of the molecule is CN(C(=O)OC(C)(C)C)C1CN(c2nc(N)nc3c2CC[C@@H]2CCCC[C@@H]32)C1. The Kier molecular flexibility index (Phi) is 4.88. The van der Waals surface area contributed by atoms with Crippen molar-refractivity contribution in [2.45, 2.75) is 76.9 Å². The van der Waals surface area contributed by atoms with E-state index >= 15 is 0 Å². The number of fused-ring (bicyclic) bond motifs is 3. The van der Waals surface area contributed by atoms with Crippen molar-refractivity contribution in [3.63, 3.8) is 0 Å². The average Bonchev–Trinajstić information content (AvgIpc) is 2.58. The minimum absolute atomic E-state index is 0.132. The first-order valence-electron chi connectivity index (χ1n) is 10.6. The number of carbonyl (C=O) groups is 1. The van der Waals surface area contributed by atoms with Crippen LogP contribution in [0.5, 0.6) is 0 Å². The maximum absolute atomic E-state index is 12.3. The molecule has 1 aromatic rings. The van der Waals surface area contributed by atoms with Crippen molar-refractivity contribution in [3.05, 3.63) is 11.3 Å². The third-order valence-corrected chi connectivity index (χ3v) is 6.45. The largest absolute Gasteiger partial charge is 0.444 e. The van der Waals surface area contributed by atoms with Gasteiger partial charge in [-0.05, 0) is 52.4 Å². The summed E-state index contributed by atoms with van der Waals surface area (Å²) >= 11 is 0. The molecule has 0 bridgehead atoms. The molecule has 0 unspecified atom stereocenters. The number of nitrogens with zero attached hydrogens (tertiary/aromatic N) is 4. The van der Waals surface area contributed by atoms with Crippen LogP contribution in [0.25, 0.3) is 0 Å². The van der Waals surface area contributed by atoms with E-state index in [1.54, 1.807) is 4.90 Å². The van der Waals surface area contributed by atoms with Crippen molar-refractivity contribution >= 4 is 17.9 Å². The summed E-state index contributed by atoms with van der Waals surface area (Å²) < 4.78 is 5.49. The molecule has 1 saturated heterocycles. The standard InChI is InChI=1S/C21H33N5O2/c1-21(2,3)28-20(27)25(4)14-11-26(12-14)18-16-10-9-13-7-5-6-8-15(13)17(16)23-19(22)24-18/h13-15H,5-12H2,1-4H3,(H2,22,23,24)/t13-,15+/m0/s1. The Bertz CT molecular complexity index is 754. The quantitative estimate of drug-likeness (QED) is 0.838. The predicted molar refractivity (Wildman–Crippen MR) is 109 cm³/mol. The van der Waals surface area contributed by atoms with Gasteiger partial charge in [0.05, 0.1) is 11.7 Å². The smallest absolute Gasteiger partial charge is 0.410 e. The van der Waals surface area contributed by atoms with Gasteiger partial charge < -0.3 is 20.3 Å². The average molecular weight is 388 g/mol. The molecule has 1 aliphatic heterocycles. The van der Waals surface area contributed by atoms with Crippen molar-refractivity contribution in [2.24, 2.45) is 5.92 Å². The van der Waals surface area contributed by atoms with Crippen LogP contribution in [0.1, 0.15) is 70.1 Å². The third kappa shape index (κ3) is 3.63. The number of rotatable bonds is 2. The topological polar surface area (TPSA) is 84.6 Å². The maximum atomic E-state index is 12.3. The van der Waals surface area contributed by atoms with E-state index in [0.717, 1.165) is 31.2 Å². The third-order valence-electron chi connectivity index (χ3n) is 6.45. The molecule has 0 spiro atoms. The van der Waals surface area contributed by atoms with E-state index in [2.05, 4.69) is 14.9 Å². The van der Waals surface area contributed by atoms with Crippen LogP contribution in [0.15, 0.2) is 0 Å². The second-order valence-electron chi connectivity index (χ2n) is 9.61. The first-order chi connectivity index (χ1) is 13.2. The first-order valence-corrected chi connectivity index (χ1v) is 10.6. The Balaban J connectivity index is 1.48. The van der Waals surface area contributed by atoms with E-state index in [9.17, 15) is 4.79 Å². The monoisotopic (exact) mass is 387 g/mol. The maximum Gasteiger partial charge on any atom is 0.410 e. The zero-order chi connectivity index (χ0) is 20.1. The number of aromatic nitrogens is 2. The summed E-state index contributed by atoms with van der Waals surface area (Å²) in [4.78, 5) is 25.5. The van der Waals surface area contributed by atoms with E-state index in [1.807, 2.05) is 27.8 Å². The molecule has 2 heterocycles. The van der Waals surface area contributed by atoms with Gasteiger partial charge in [-0.2, -0.15) is 4.98 Å². The Morgan fingerprint density at radius 3 is 2.61 bits per heavy atom. The van der Waals surface area contributed by atoms with E-state index < -0.39 is 5.60 Å². The molecule has 1 aromatic heterocycles. The predicted octanol–water partition coefficient (Wildman–Crippen LogP) is 3.33. The molecule has 2 N–H and O–H groups in total. The highest BCUT2D eigenvalue weighted by atomic mass is 16.6. The summed E-state index contributed by atoms with van der Waals surface area (Å²) in [6, 6.07) is 0.132. The Labute approximate surface area is 167 Å². The second kappa shape index (κ2) is 7.08. The Morgan fingerprint density at radius 2 is 1.89 bits per heavy atom. The number of amides is 1. The van der Waals surface area contributed by atoms with E-state index in [4.69, 9.17) is 10.5 Å². The molecule has 4 rings (SSSR count). The highest BCUT2D eigenvalue weighted by molar-refractivity contribution is 5.69. The minimum atomic E-state index is -0.481. The second-order valence-corrected chi connectivity index (χ2v) is 9.61. The number of anilines is 2. The summed E-state index contributed by atoms with van der Waals surface area (Å²) in [6.07, 6.45) is 7.16. The highest BCUT2D eigenvalue weighted by Gasteiger charge is 2.39. The summed E-state index contributed by atoms with van der Waals surface area (Å²) in [5, 5.41) is 0. The fraction of sp³-hybridized carbons (Fsp3) is 0.762. The zero-order valence-electron chi connectivity index (χ0n) is 17.6. The lowest BCUT2D eigenvalue weighted by Gasteiger charge is -2.46. The zero-order valence-corrected chi connectivity index (χ0v) is 17.6. The van der Waals surface area contributed by atoms with Crippen LogP contribution in [-0.4, -0.2) is 52.7 Å². The molecule has 3 aliphatic rings. The molecule has 0 aromatic carbocycles. The molecule has 2 atom stereocenters. The van der Waals surface area contributed by atoms with Gasteiger partial charge in [0, 0.05) is 31.6 Å². The van der Waals surface area contributed by atoms with E-state index in [1.165, 1.54) is 43.4 Å². The van der Waals surface area contributed by atoms with Crippen LogP contribution in [-0.2, 0) is 11.2 Å². The van der Waals surface area contributed by atoms with Crippen molar-refractivity contribution in [1.82, 2.24) is 14.9 Å². The normalized spacial score (nSPS) is 24.8. The van der Waals surface area contributed by atoms with Gasteiger partial charge in [0.15, 0.2) is 0 Å². The summed E-state index contributed by atoms with van der Waals surface area (Å²) in [5.74, 6) is 2.66.